The van der Waals surface area contributed by atoms with E-state index >= 15 is 0 Å². The summed E-state index contributed by atoms with van der Waals surface area (Å²) in [6, 6.07) is 18.9. The summed E-state index contributed by atoms with van der Waals surface area (Å²) in [5, 5.41) is 6.04. The van der Waals surface area contributed by atoms with Crippen molar-refractivity contribution in [1.29, 1.82) is 0 Å². The molecule has 4 heteroatoms. The first-order chi connectivity index (χ1) is 15.7. The Kier molecular flexibility index (Phi) is 12.9. The van der Waals surface area contributed by atoms with Crippen LogP contribution in [-0.4, -0.2) is 18.4 Å². The van der Waals surface area contributed by atoms with Gasteiger partial charge in [-0.25, -0.2) is 0 Å². The fourth-order valence-corrected chi connectivity index (χ4v) is 3.94. The second kappa shape index (κ2) is 16.1. The molecule has 0 bridgehead atoms. The number of benzene rings is 2. The first-order valence-corrected chi connectivity index (χ1v) is 12.4. The number of anilines is 1. The third-order valence-electron chi connectivity index (χ3n) is 5.87. The quantitative estimate of drug-likeness (QED) is 0.279. The van der Waals surface area contributed by atoms with Crippen molar-refractivity contribution in [1.82, 2.24) is 5.32 Å². The molecule has 0 spiro atoms. The summed E-state index contributed by atoms with van der Waals surface area (Å²) in [5.74, 6) is 0.0106. The Morgan fingerprint density at radius 3 is 1.94 bits per heavy atom. The zero-order chi connectivity index (χ0) is 22.9. The van der Waals surface area contributed by atoms with Gasteiger partial charge in [0.15, 0.2) is 0 Å². The average molecular weight is 437 g/mol. The number of hydrogen-bond donors (Lipinski definition) is 2. The zero-order valence-electron chi connectivity index (χ0n) is 19.7. The molecule has 0 aromatic heterocycles. The van der Waals surface area contributed by atoms with Crippen LogP contribution >= 0.6 is 0 Å². The molecule has 2 N–H and O–H groups in total. The first-order valence-electron chi connectivity index (χ1n) is 12.4. The number of para-hydroxylation sites is 1. The molecular weight excluding hydrogens is 396 g/mol. The smallest absolute Gasteiger partial charge is 0.251 e. The molecule has 0 heterocycles. The van der Waals surface area contributed by atoms with Crippen LogP contribution < -0.4 is 10.6 Å². The predicted molar refractivity (Wildman–Crippen MR) is 134 cm³/mol. The van der Waals surface area contributed by atoms with Gasteiger partial charge in [0.2, 0.25) is 5.91 Å². The van der Waals surface area contributed by atoms with Crippen molar-refractivity contribution in [2.45, 2.75) is 77.6 Å². The van der Waals surface area contributed by atoms with Crippen LogP contribution in [0.5, 0.6) is 0 Å². The third-order valence-corrected chi connectivity index (χ3v) is 5.87. The van der Waals surface area contributed by atoms with E-state index < -0.39 is 0 Å². The lowest BCUT2D eigenvalue weighted by Gasteiger charge is -2.17. The molecule has 0 fully saturated rings. The molecule has 1 atom stereocenters. The Bertz CT molecular complexity index is 762. The van der Waals surface area contributed by atoms with E-state index in [9.17, 15) is 9.59 Å². The zero-order valence-corrected chi connectivity index (χ0v) is 19.7. The van der Waals surface area contributed by atoms with E-state index in [0.29, 0.717) is 12.1 Å². The highest BCUT2D eigenvalue weighted by Gasteiger charge is 2.18. The largest absolute Gasteiger partial charge is 0.352 e. The maximum absolute atomic E-state index is 12.9. The van der Waals surface area contributed by atoms with E-state index in [2.05, 4.69) is 17.6 Å². The number of carbonyl (C=O) groups is 2. The minimum Gasteiger partial charge on any atom is -0.352 e. The maximum atomic E-state index is 12.9. The number of rotatable bonds is 16. The van der Waals surface area contributed by atoms with Crippen LogP contribution in [0.2, 0.25) is 0 Å². The van der Waals surface area contributed by atoms with Gasteiger partial charge in [0.05, 0.1) is 0 Å². The first kappa shape index (κ1) is 25.6. The van der Waals surface area contributed by atoms with Crippen LogP contribution in [-0.2, 0) is 4.79 Å². The summed E-state index contributed by atoms with van der Waals surface area (Å²) < 4.78 is 0. The van der Waals surface area contributed by atoms with Crippen molar-refractivity contribution < 1.29 is 9.59 Å². The predicted octanol–water partition coefficient (Wildman–Crippen LogP) is 6.98. The monoisotopic (exact) mass is 436 g/mol. The summed E-state index contributed by atoms with van der Waals surface area (Å²) in [6.07, 6.45) is 12.6. The van der Waals surface area contributed by atoms with E-state index in [0.717, 1.165) is 31.4 Å². The average Bonchev–Trinajstić information content (AvgIpc) is 2.83. The summed E-state index contributed by atoms with van der Waals surface area (Å²) >= 11 is 0. The Morgan fingerprint density at radius 1 is 0.719 bits per heavy atom. The molecule has 2 amide bonds. The molecule has 2 aromatic rings. The molecule has 1 unspecified atom stereocenters. The number of hydrogen-bond acceptors (Lipinski definition) is 2. The van der Waals surface area contributed by atoms with Gasteiger partial charge in [-0.15, -0.1) is 0 Å². The number of amides is 2. The fraction of sp³-hybridized carbons (Fsp3) is 0.500. The molecule has 0 saturated heterocycles. The van der Waals surface area contributed by atoms with Gasteiger partial charge < -0.3 is 10.6 Å². The maximum Gasteiger partial charge on any atom is 0.251 e. The van der Waals surface area contributed by atoms with Crippen molar-refractivity contribution in [3.8, 4) is 0 Å². The lowest BCUT2D eigenvalue weighted by atomic mass is 9.94. The Balaban J connectivity index is 1.75. The van der Waals surface area contributed by atoms with Gasteiger partial charge in [-0.2, -0.15) is 0 Å². The van der Waals surface area contributed by atoms with Gasteiger partial charge in [0.25, 0.3) is 5.91 Å². The van der Waals surface area contributed by atoms with Gasteiger partial charge in [0, 0.05) is 23.7 Å². The fourth-order valence-electron chi connectivity index (χ4n) is 3.94. The van der Waals surface area contributed by atoms with Crippen molar-refractivity contribution in [3.05, 3.63) is 66.2 Å². The summed E-state index contributed by atoms with van der Waals surface area (Å²) in [5.41, 5.74) is 1.51. The van der Waals surface area contributed by atoms with Crippen molar-refractivity contribution in [2.75, 3.05) is 11.9 Å². The SMILES string of the molecule is CCCCCCCCCCC(CCCNC(=O)c1ccccc1)C(=O)Nc1ccccc1. The van der Waals surface area contributed by atoms with Crippen LogP contribution in [0.4, 0.5) is 5.69 Å². The number of nitrogens with one attached hydrogen (secondary N) is 2. The Morgan fingerprint density at radius 2 is 1.28 bits per heavy atom. The molecule has 174 valence electrons. The molecule has 0 radical (unpaired) electrons. The van der Waals surface area contributed by atoms with Crippen molar-refractivity contribution in [2.24, 2.45) is 5.92 Å². The van der Waals surface area contributed by atoms with E-state index in [4.69, 9.17) is 0 Å². The van der Waals surface area contributed by atoms with Gasteiger partial charge in [-0.1, -0.05) is 94.7 Å². The summed E-state index contributed by atoms with van der Waals surface area (Å²) in [4.78, 5) is 25.1. The molecule has 0 saturated carbocycles. The highest BCUT2D eigenvalue weighted by Crippen LogP contribution is 2.20. The highest BCUT2D eigenvalue weighted by molar-refractivity contribution is 5.94. The molecule has 4 nitrogen and oxygen atoms in total. The topological polar surface area (TPSA) is 58.2 Å². The van der Waals surface area contributed by atoms with E-state index in [1.54, 1.807) is 0 Å². The van der Waals surface area contributed by atoms with E-state index in [1.165, 1.54) is 44.9 Å². The summed E-state index contributed by atoms with van der Waals surface area (Å²) in [6.45, 7) is 2.83. The molecule has 0 aliphatic rings. The lowest BCUT2D eigenvalue weighted by molar-refractivity contribution is -0.120. The van der Waals surface area contributed by atoms with Crippen LogP contribution in [0, 0.1) is 5.92 Å². The summed E-state index contributed by atoms with van der Waals surface area (Å²) in [7, 11) is 0. The van der Waals surface area contributed by atoms with Crippen LogP contribution in [0.15, 0.2) is 60.7 Å². The Labute approximate surface area is 194 Å². The Hall–Kier alpha value is -2.62. The number of carbonyl (C=O) groups excluding carboxylic acids is 2. The highest BCUT2D eigenvalue weighted by atomic mass is 16.2. The standard InChI is InChI=1S/C28H40N2O2/c1-2-3-4-5-6-7-8-11-19-25(28(32)30-26-21-14-10-15-22-26)20-16-23-29-27(31)24-17-12-9-13-18-24/h9-10,12-15,17-18,21-22,25H,2-8,11,16,19-20,23H2,1H3,(H,29,31)(H,30,32). The lowest BCUT2D eigenvalue weighted by Crippen LogP contribution is -2.27. The van der Waals surface area contributed by atoms with Gasteiger partial charge in [0.1, 0.15) is 0 Å². The van der Waals surface area contributed by atoms with Gasteiger partial charge >= 0.3 is 0 Å². The van der Waals surface area contributed by atoms with Gasteiger partial charge in [-0.3, -0.25) is 9.59 Å². The third kappa shape index (κ3) is 10.6. The second-order valence-corrected chi connectivity index (χ2v) is 8.58. The molecular formula is C28H40N2O2. The molecule has 32 heavy (non-hydrogen) atoms. The molecule has 2 rings (SSSR count). The van der Waals surface area contributed by atoms with Crippen LogP contribution in [0.3, 0.4) is 0 Å². The number of unbranched alkanes of at least 4 members (excludes halogenated alkanes) is 7. The van der Waals surface area contributed by atoms with Gasteiger partial charge in [-0.05, 0) is 43.5 Å². The van der Waals surface area contributed by atoms with E-state index in [-0.39, 0.29) is 17.7 Å². The van der Waals surface area contributed by atoms with Crippen molar-refractivity contribution in [3.63, 3.8) is 0 Å². The van der Waals surface area contributed by atoms with Crippen LogP contribution in [0.1, 0.15) is 87.9 Å². The van der Waals surface area contributed by atoms with Crippen molar-refractivity contribution >= 4 is 17.5 Å². The van der Waals surface area contributed by atoms with Crippen LogP contribution in [0.25, 0.3) is 0 Å². The minimum absolute atomic E-state index is 0.0241. The minimum atomic E-state index is -0.0565. The molecule has 0 aliphatic heterocycles. The molecule has 2 aromatic carbocycles. The normalized spacial score (nSPS) is 11.7. The second-order valence-electron chi connectivity index (χ2n) is 8.58. The molecule has 0 aliphatic carbocycles. The van der Waals surface area contributed by atoms with E-state index in [1.807, 2.05) is 60.7 Å².